The largest absolute Gasteiger partial charge is 0.361 e. The number of hydrogen-bond acceptors (Lipinski definition) is 3. The molecule has 1 radical (unpaired) electrons. The van der Waals surface area contributed by atoms with Crippen molar-refractivity contribution >= 4 is 12.9 Å². The van der Waals surface area contributed by atoms with E-state index in [2.05, 4.69) is 6.92 Å². The van der Waals surface area contributed by atoms with Crippen LogP contribution in [0.5, 0.6) is 0 Å². The van der Waals surface area contributed by atoms with Crippen LogP contribution < -0.4 is 5.30 Å². The normalized spacial score (nSPS) is 11.7. The third-order valence-corrected chi connectivity index (χ3v) is 3.98. The SMILES string of the molecule is [CH2]c1ccc(P(=O)(OCC)OCC)cc1. The molecular weight excluding hydrogens is 211 g/mol. The lowest BCUT2D eigenvalue weighted by molar-refractivity contribution is 0.230. The van der Waals surface area contributed by atoms with Crippen LogP contribution in [0.4, 0.5) is 0 Å². The fourth-order valence-corrected chi connectivity index (χ4v) is 2.77. The van der Waals surface area contributed by atoms with Crippen molar-refractivity contribution in [2.24, 2.45) is 0 Å². The fraction of sp³-hybridized carbons (Fsp3) is 0.364. The molecule has 0 amide bonds. The summed E-state index contributed by atoms with van der Waals surface area (Å²) in [5.74, 6) is 0. The molecule has 1 aromatic carbocycles. The highest BCUT2D eigenvalue weighted by molar-refractivity contribution is 7.62. The summed E-state index contributed by atoms with van der Waals surface area (Å²) in [5.41, 5.74) is 0.873. The fourth-order valence-electron chi connectivity index (χ4n) is 1.20. The van der Waals surface area contributed by atoms with Gasteiger partial charge in [0.15, 0.2) is 0 Å². The van der Waals surface area contributed by atoms with Crippen molar-refractivity contribution in [2.75, 3.05) is 13.2 Å². The Labute approximate surface area is 90.9 Å². The number of hydrogen-bond donors (Lipinski definition) is 0. The third kappa shape index (κ3) is 3.16. The topological polar surface area (TPSA) is 35.5 Å². The molecule has 3 nitrogen and oxygen atoms in total. The van der Waals surface area contributed by atoms with E-state index in [1.807, 2.05) is 0 Å². The van der Waals surface area contributed by atoms with Crippen LogP contribution >= 0.6 is 7.60 Å². The van der Waals surface area contributed by atoms with Crippen molar-refractivity contribution in [3.05, 3.63) is 36.8 Å². The van der Waals surface area contributed by atoms with Crippen LogP contribution in [0.2, 0.25) is 0 Å². The Balaban J connectivity index is 2.98. The van der Waals surface area contributed by atoms with E-state index in [0.717, 1.165) is 5.56 Å². The van der Waals surface area contributed by atoms with Crippen molar-refractivity contribution in [3.8, 4) is 0 Å². The zero-order valence-corrected chi connectivity index (χ0v) is 10.00. The van der Waals surface area contributed by atoms with Crippen LogP contribution in [-0.2, 0) is 13.6 Å². The summed E-state index contributed by atoms with van der Waals surface area (Å²) >= 11 is 0. The average molecular weight is 227 g/mol. The molecular formula is C11H16O3P. The molecule has 83 valence electrons. The molecule has 0 aliphatic rings. The second-order valence-corrected chi connectivity index (χ2v) is 5.03. The predicted molar refractivity (Wildman–Crippen MR) is 61.4 cm³/mol. The van der Waals surface area contributed by atoms with Gasteiger partial charge in [-0.1, -0.05) is 12.1 Å². The Morgan fingerprint density at radius 3 is 2.00 bits per heavy atom. The monoisotopic (exact) mass is 227 g/mol. The zero-order chi connectivity index (χ0) is 11.3. The molecule has 0 heterocycles. The number of benzene rings is 1. The molecule has 4 heteroatoms. The van der Waals surface area contributed by atoms with Crippen LogP contribution in [0.25, 0.3) is 0 Å². The predicted octanol–water partition coefficient (Wildman–Crippen LogP) is 2.76. The maximum absolute atomic E-state index is 12.3. The van der Waals surface area contributed by atoms with Gasteiger partial charge in [-0.05, 0) is 38.5 Å². The minimum atomic E-state index is -3.12. The highest BCUT2D eigenvalue weighted by atomic mass is 31.2. The van der Waals surface area contributed by atoms with Crippen LogP contribution in [-0.4, -0.2) is 13.2 Å². The van der Waals surface area contributed by atoms with Crippen LogP contribution in [0.1, 0.15) is 19.4 Å². The highest BCUT2D eigenvalue weighted by Crippen LogP contribution is 2.46. The molecule has 0 aliphatic heterocycles. The Morgan fingerprint density at radius 2 is 1.60 bits per heavy atom. The van der Waals surface area contributed by atoms with Gasteiger partial charge in [-0.2, -0.15) is 0 Å². The summed E-state index contributed by atoms with van der Waals surface area (Å²) in [6, 6.07) is 7.04. The highest BCUT2D eigenvalue weighted by Gasteiger charge is 2.25. The van der Waals surface area contributed by atoms with Gasteiger partial charge in [0.05, 0.1) is 18.5 Å². The quantitative estimate of drug-likeness (QED) is 0.725. The summed E-state index contributed by atoms with van der Waals surface area (Å²) in [5, 5.41) is 0.582. The van der Waals surface area contributed by atoms with E-state index in [4.69, 9.17) is 9.05 Å². The Hall–Kier alpha value is -0.630. The molecule has 0 spiro atoms. The summed E-state index contributed by atoms with van der Waals surface area (Å²) in [7, 11) is -3.12. The first-order chi connectivity index (χ1) is 7.12. The van der Waals surface area contributed by atoms with Crippen LogP contribution in [0, 0.1) is 6.92 Å². The van der Waals surface area contributed by atoms with E-state index in [-0.39, 0.29) is 0 Å². The Morgan fingerprint density at radius 1 is 1.13 bits per heavy atom. The van der Waals surface area contributed by atoms with Gasteiger partial charge in [0.2, 0.25) is 0 Å². The van der Waals surface area contributed by atoms with E-state index in [1.54, 1.807) is 38.1 Å². The third-order valence-electron chi connectivity index (χ3n) is 1.85. The van der Waals surface area contributed by atoms with Gasteiger partial charge in [-0.3, -0.25) is 4.57 Å². The van der Waals surface area contributed by atoms with Crippen molar-refractivity contribution in [1.82, 2.24) is 0 Å². The molecule has 0 saturated carbocycles. The number of rotatable bonds is 5. The van der Waals surface area contributed by atoms with Gasteiger partial charge >= 0.3 is 7.60 Å². The smallest absolute Gasteiger partial charge is 0.305 e. The second-order valence-electron chi connectivity index (χ2n) is 3.00. The van der Waals surface area contributed by atoms with E-state index in [0.29, 0.717) is 18.5 Å². The maximum Gasteiger partial charge on any atom is 0.361 e. The molecule has 0 bridgehead atoms. The van der Waals surface area contributed by atoms with Gasteiger partial charge in [0.25, 0.3) is 0 Å². The van der Waals surface area contributed by atoms with Crippen LogP contribution in [0.15, 0.2) is 24.3 Å². The van der Waals surface area contributed by atoms with Crippen LogP contribution in [0.3, 0.4) is 0 Å². The van der Waals surface area contributed by atoms with Crippen molar-refractivity contribution in [3.63, 3.8) is 0 Å². The Bertz CT molecular complexity index is 335. The lowest BCUT2D eigenvalue weighted by atomic mass is 10.2. The Kier molecular flexibility index (Phi) is 4.52. The van der Waals surface area contributed by atoms with Gasteiger partial charge in [0, 0.05) is 0 Å². The first kappa shape index (κ1) is 12.4. The average Bonchev–Trinajstić information content (AvgIpc) is 2.19. The molecule has 0 N–H and O–H groups in total. The maximum atomic E-state index is 12.3. The summed E-state index contributed by atoms with van der Waals surface area (Å²) in [6.07, 6.45) is 0. The summed E-state index contributed by atoms with van der Waals surface area (Å²) < 4.78 is 22.7. The minimum absolute atomic E-state index is 0.364. The molecule has 15 heavy (non-hydrogen) atoms. The lowest BCUT2D eigenvalue weighted by Gasteiger charge is -2.16. The second kappa shape index (κ2) is 5.45. The van der Waals surface area contributed by atoms with Crippen molar-refractivity contribution < 1.29 is 13.6 Å². The molecule has 0 aliphatic carbocycles. The van der Waals surface area contributed by atoms with E-state index in [9.17, 15) is 4.57 Å². The van der Waals surface area contributed by atoms with Gasteiger partial charge in [0.1, 0.15) is 0 Å². The molecule has 1 rings (SSSR count). The van der Waals surface area contributed by atoms with E-state index >= 15 is 0 Å². The van der Waals surface area contributed by atoms with Gasteiger partial charge in [-0.25, -0.2) is 0 Å². The molecule has 1 aromatic rings. The van der Waals surface area contributed by atoms with Gasteiger partial charge < -0.3 is 9.05 Å². The first-order valence-electron chi connectivity index (χ1n) is 4.94. The molecule has 0 fully saturated rings. The standard InChI is InChI=1S/C11H16O3P/c1-4-13-15(12,14-5-2)11-8-6-10(3)7-9-11/h6-9H,3-5H2,1-2H3. The zero-order valence-electron chi connectivity index (χ0n) is 9.10. The van der Waals surface area contributed by atoms with E-state index in [1.165, 1.54) is 0 Å². The lowest BCUT2D eigenvalue weighted by Crippen LogP contribution is -2.10. The summed E-state index contributed by atoms with van der Waals surface area (Å²) in [4.78, 5) is 0. The minimum Gasteiger partial charge on any atom is -0.305 e. The van der Waals surface area contributed by atoms with Crippen molar-refractivity contribution in [1.29, 1.82) is 0 Å². The van der Waals surface area contributed by atoms with Gasteiger partial charge in [-0.15, -0.1) is 0 Å². The molecule has 0 atom stereocenters. The molecule has 0 saturated heterocycles. The molecule has 0 unspecified atom stereocenters. The van der Waals surface area contributed by atoms with Crippen molar-refractivity contribution in [2.45, 2.75) is 13.8 Å². The summed E-state index contributed by atoms with van der Waals surface area (Å²) in [6.45, 7) is 8.08. The molecule has 0 aromatic heterocycles. The first-order valence-corrected chi connectivity index (χ1v) is 6.48. The van der Waals surface area contributed by atoms with E-state index < -0.39 is 7.60 Å².